The van der Waals surface area contributed by atoms with Gasteiger partial charge >= 0.3 is 6.09 Å². The molecule has 2 N–H and O–H groups in total. The summed E-state index contributed by atoms with van der Waals surface area (Å²) >= 11 is 0. The minimum Gasteiger partial charge on any atom is -0.445 e. The molecule has 0 aromatic heterocycles. The summed E-state index contributed by atoms with van der Waals surface area (Å²) in [5.41, 5.74) is 2.76. The van der Waals surface area contributed by atoms with Gasteiger partial charge in [-0.05, 0) is 44.0 Å². The number of methoxy groups -OCH3 is 1. The van der Waals surface area contributed by atoms with Crippen LogP contribution in [0.3, 0.4) is 0 Å². The molecular weight excluding hydrogens is 394 g/mol. The fourth-order valence-corrected chi connectivity index (χ4v) is 4.07. The minimum absolute atomic E-state index is 0.170. The SMILES string of the molecule is CNC1(C(=O)Nc2c(C)cccc2C)CCN(C(=O)OCc2ccccc2)CC1OC. The number of amides is 2. The van der Waals surface area contributed by atoms with Crippen molar-refractivity contribution < 1.29 is 19.1 Å². The largest absolute Gasteiger partial charge is 0.445 e. The molecule has 0 radical (unpaired) electrons. The molecule has 2 atom stereocenters. The van der Waals surface area contributed by atoms with Crippen molar-refractivity contribution in [2.75, 3.05) is 32.6 Å². The zero-order valence-corrected chi connectivity index (χ0v) is 18.6. The maximum absolute atomic E-state index is 13.4. The number of nitrogens with one attached hydrogen (secondary N) is 2. The molecule has 2 aromatic rings. The lowest BCUT2D eigenvalue weighted by molar-refractivity contribution is -0.132. The summed E-state index contributed by atoms with van der Waals surface area (Å²) in [6.45, 7) is 4.78. The van der Waals surface area contributed by atoms with Crippen LogP contribution in [0.25, 0.3) is 0 Å². The molecule has 3 rings (SSSR count). The molecule has 1 heterocycles. The predicted octanol–water partition coefficient (Wildman–Crippen LogP) is 3.26. The quantitative estimate of drug-likeness (QED) is 0.743. The number of hydrogen-bond acceptors (Lipinski definition) is 5. The molecule has 1 aliphatic rings. The first-order chi connectivity index (χ1) is 14.9. The van der Waals surface area contributed by atoms with Gasteiger partial charge in [0.1, 0.15) is 18.2 Å². The van der Waals surface area contributed by atoms with Crippen molar-refractivity contribution in [2.45, 2.75) is 38.5 Å². The zero-order valence-electron chi connectivity index (χ0n) is 18.6. The minimum atomic E-state index is -0.959. The lowest BCUT2D eigenvalue weighted by atomic mass is 9.83. The van der Waals surface area contributed by atoms with Gasteiger partial charge in [0.2, 0.25) is 5.91 Å². The number of likely N-dealkylation sites (tertiary alicyclic amines) is 1. The van der Waals surface area contributed by atoms with E-state index in [1.807, 2.05) is 62.4 Å². The fourth-order valence-electron chi connectivity index (χ4n) is 4.07. The summed E-state index contributed by atoms with van der Waals surface area (Å²) in [6, 6.07) is 15.4. The number of anilines is 1. The molecule has 0 bridgehead atoms. The van der Waals surface area contributed by atoms with E-state index in [0.29, 0.717) is 13.0 Å². The monoisotopic (exact) mass is 425 g/mol. The van der Waals surface area contributed by atoms with Gasteiger partial charge in [-0.1, -0.05) is 48.5 Å². The van der Waals surface area contributed by atoms with Crippen molar-refractivity contribution in [2.24, 2.45) is 0 Å². The molecule has 7 nitrogen and oxygen atoms in total. The molecule has 1 aliphatic heterocycles. The summed E-state index contributed by atoms with van der Waals surface area (Å²) < 4.78 is 11.1. The van der Waals surface area contributed by atoms with Crippen molar-refractivity contribution in [1.82, 2.24) is 10.2 Å². The molecule has 2 unspecified atom stereocenters. The Morgan fingerprint density at radius 1 is 1.10 bits per heavy atom. The molecule has 1 fully saturated rings. The van der Waals surface area contributed by atoms with Crippen molar-refractivity contribution >= 4 is 17.7 Å². The summed E-state index contributed by atoms with van der Waals surface area (Å²) in [5, 5.41) is 6.26. The summed E-state index contributed by atoms with van der Waals surface area (Å²) in [6.07, 6.45) is -0.537. The van der Waals surface area contributed by atoms with Crippen LogP contribution in [0.2, 0.25) is 0 Å². The third-order valence-electron chi connectivity index (χ3n) is 6.03. The first-order valence-corrected chi connectivity index (χ1v) is 10.5. The van der Waals surface area contributed by atoms with Gasteiger partial charge < -0.3 is 25.0 Å². The third-order valence-corrected chi connectivity index (χ3v) is 6.03. The number of likely N-dealkylation sites (N-methyl/N-ethyl adjacent to an activating group) is 1. The lowest BCUT2D eigenvalue weighted by Gasteiger charge is -2.45. The molecule has 0 spiro atoms. The van der Waals surface area contributed by atoms with Crippen molar-refractivity contribution in [1.29, 1.82) is 0 Å². The van der Waals surface area contributed by atoms with E-state index in [4.69, 9.17) is 9.47 Å². The van der Waals surface area contributed by atoms with Crippen LogP contribution in [-0.4, -0.2) is 55.8 Å². The number of benzene rings is 2. The Labute approximate surface area is 183 Å². The van der Waals surface area contributed by atoms with Crippen LogP contribution in [0.1, 0.15) is 23.1 Å². The smallest absolute Gasteiger partial charge is 0.410 e. The number of hydrogen-bond donors (Lipinski definition) is 2. The molecular formula is C24H31N3O4. The topological polar surface area (TPSA) is 79.9 Å². The van der Waals surface area contributed by atoms with E-state index in [1.165, 1.54) is 0 Å². The third kappa shape index (κ3) is 4.89. The molecule has 0 aliphatic carbocycles. The van der Waals surface area contributed by atoms with Crippen LogP contribution in [0.15, 0.2) is 48.5 Å². The van der Waals surface area contributed by atoms with E-state index in [9.17, 15) is 9.59 Å². The van der Waals surface area contributed by atoms with E-state index < -0.39 is 17.7 Å². The van der Waals surface area contributed by atoms with Gasteiger partial charge in [0, 0.05) is 19.3 Å². The zero-order chi connectivity index (χ0) is 22.4. The first kappa shape index (κ1) is 22.8. The van der Waals surface area contributed by atoms with Gasteiger partial charge in [-0.2, -0.15) is 0 Å². The number of nitrogens with zero attached hydrogens (tertiary/aromatic N) is 1. The first-order valence-electron chi connectivity index (χ1n) is 10.5. The van der Waals surface area contributed by atoms with Crippen LogP contribution < -0.4 is 10.6 Å². The Balaban J connectivity index is 1.70. The van der Waals surface area contributed by atoms with Crippen LogP contribution in [0.4, 0.5) is 10.5 Å². The van der Waals surface area contributed by atoms with Crippen LogP contribution in [0.5, 0.6) is 0 Å². The molecule has 0 saturated carbocycles. The Morgan fingerprint density at radius 2 is 1.77 bits per heavy atom. The van der Waals surface area contributed by atoms with Crippen molar-refractivity contribution in [3.05, 3.63) is 65.2 Å². The molecule has 1 saturated heterocycles. The highest BCUT2D eigenvalue weighted by molar-refractivity contribution is 6.00. The second-order valence-corrected chi connectivity index (χ2v) is 7.90. The Morgan fingerprint density at radius 3 is 2.39 bits per heavy atom. The average Bonchev–Trinajstić information content (AvgIpc) is 2.80. The molecule has 2 aromatic carbocycles. The van der Waals surface area contributed by atoms with Gasteiger partial charge in [0.25, 0.3) is 0 Å². The second kappa shape index (κ2) is 9.94. The predicted molar refractivity (Wildman–Crippen MR) is 120 cm³/mol. The standard InChI is InChI=1S/C24H31N3O4/c1-17-9-8-10-18(2)21(17)26-22(28)24(25-3)13-14-27(15-20(24)30-4)23(29)31-16-19-11-6-5-7-12-19/h5-12,20,25H,13-16H2,1-4H3,(H,26,28). The van der Waals surface area contributed by atoms with Gasteiger partial charge in [0.15, 0.2) is 0 Å². The van der Waals surface area contributed by atoms with E-state index in [1.54, 1.807) is 19.1 Å². The maximum Gasteiger partial charge on any atom is 0.410 e. The van der Waals surface area contributed by atoms with E-state index in [0.717, 1.165) is 22.4 Å². The van der Waals surface area contributed by atoms with Gasteiger partial charge in [-0.15, -0.1) is 0 Å². The highest BCUT2D eigenvalue weighted by Gasteiger charge is 2.49. The number of rotatable bonds is 6. The van der Waals surface area contributed by atoms with Crippen molar-refractivity contribution in [3.63, 3.8) is 0 Å². The molecule has 31 heavy (non-hydrogen) atoms. The summed E-state index contributed by atoms with van der Waals surface area (Å²) in [7, 11) is 3.31. The number of ether oxygens (including phenoxy) is 2. The molecule has 166 valence electrons. The Kier molecular flexibility index (Phi) is 7.30. The second-order valence-electron chi connectivity index (χ2n) is 7.90. The molecule has 2 amide bonds. The number of aryl methyl sites for hydroxylation is 2. The van der Waals surface area contributed by atoms with Crippen LogP contribution in [-0.2, 0) is 20.9 Å². The van der Waals surface area contributed by atoms with Gasteiger partial charge in [0.05, 0.1) is 6.54 Å². The van der Waals surface area contributed by atoms with E-state index >= 15 is 0 Å². The Hall–Kier alpha value is -2.90. The van der Waals surface area contributed by atoms with Crippen LogP contribution >= 0.6 is 0 Å². The van der Waals surface area contributed by atoms with E-state index in [2.05, 4.69) is 10.6 Å². The van der Waals surface area contributed by atoms with Gasteiger partial charge in [-0.25, -0.2) is 4.79 Å². The number of carbonyl (C=O) groups excluding carboxylic acids is 2. The number of piperidine rings is 1. The van der Waals surface area contributed by atoms with E-state index in [-0.39, 0.29) is 19.1 Å². The average molecular weight is 426 g/mol. The molecule has 7 heteroatoms. The summed E-state index contributed by atoms with van der Waals surface area (Å²) in [4.78, 5) is 27.6. The number of carbonyl (C=O) groups is 2. The van der Waals surface area contributed by atoms with Crippen molar-refractivity contribution in [3.8, 4) is 0 Å². The normalized spacial score (nSPS) is 20.9. The maximum atomic E-state index is 13.4. The highest BCUT2D eigenvalue weighted by atomic mass is 16.6. The summed E-state index contributed by atoms with van der Waals surface area (Å²) in [5.74, 6) is -0.170. The highest BCUT2D eigenvalue weighted by Crippen LogP contribution is 2.29. The van der Waals surface area contributed by atoms with Crippen LogP contribution in [0, 0.1) is 13.8 Å². The number of para-hydroxylation sites is 1. The lowest BCUT2D eigenvalue weighted by Crippen LogP contribution is -2.68. The Bertz CT molecular complexity index is 898. The van der Waals surface area contributed by atoms with Gasteiger partial charge in [-0.3, -0.25) is 4.79 Å². The fraction of sp³-hybridized carbons (Fsp3) is 0.417.